The van der Waals surface area contributed by atoms with E-state index in [0.29, 0.717) is 12.3 Å². The fraction of sp³-hybridized carbons (Fsp3) is 0.538. The zero-order chi connectivity index (χ0) is 12.9. The lowest BCUT2D eigenvalue weighted by Gasteiger charge is -2.24. The predicted octanol–water partition coefficient (Wildman–Crippen LogP) is 1.92. The molecule has 4 heteroatoms. The Morgan fingerprint density at radius 1 is 1.35 bits per heavy atom. The van der Waals surface area contributed by atoms with Gasteiger partial charge in [0.05, 0.1) is 7.11 Å². The fourth-order valence-electron chi connectivity index (χ4n) is 1.48. The average molecular weight is 240 g/mol. The minimum atomic E-state index is -0.240. The molecule has 0 amide bonds. The molecule has 0 saturated carbocycles. The Kier molecular flexibility index (Phi) is 4.90. The summed E-state index contributed by atoms with van der Waals surface area (Å²) in [6.07, 6.45) is 0. The van der Waals surface area contributed by atoms with Crippen LogP contribution in [0.25, 0.3) is 0 Å². The Hall–Kier alpha value is -1.13. The van der Waals surface area contributed by atoms with Gasteiger partial charge in [-0.05, 0) is 39.1 Å². The van der Waals surface area contributed by atoms with Gasteiger partial charge in [-0.1, -0.05) is 0 Å². The lowest BCUT2D eigenvalue weighted by atomic mass is 10.1. The Bertz CT molecular complexity index is 366. The highest BCUT2D eigenvalue weighted by atomic mass is 19.1. The van der Waals surface area contributed by atoms with Gasteiger partial charge in [0.1, 0.15) is 11.6 Å². The lowest BCUT2D eigenvalue weighted by molar-refractivity contribution is 0.383. The van der Waals surface area contributed by atoms with Gasteiger partial charge in [-0.25, -0.2) is 4.39 Å². The summed E-state index contributed by atoms with van der Waals surface area (Å²) in [6.45, 7) is 5.58. The zero-order valence-electron chi connectivity index (χ0n) is 10.9. The standard InChI is InChI=1S/C13H21FN2O/c1-13(2,15-3)9-16-8-10-7-11(14)5-6-12(10)17-4/h5-7,15-16H,8-9H2,1-4H3. The van der Waals surface area contributed by atoms with Crippen LogP contribution in [-0.4, -0.2) is 26.2 Å². The third-order valence-corrected chi connectivity index (χ3v) is 2.80. The van der Waals surface area contributed by atoms with E-state index in [9.17, 15) is 4.39 Å². The van der Waals surface area contributed by atoms with E-state index in [1.54, 1.807) is 13.2 Å². The van der Waals surface area contributed by atoms with Crippen LogP contribution in [0.1, 0.15) is 19.4 Å². The molecular weight excluding hydrogens is 219 g/mol. The number of ether oxygens (including phenoxy) is 1. The van der Waals surface area contributed by atoms with Crippen molar-refractivity contribution in [3.63, 3.8) is 0 Å². The largest absolute Gasteiger partial charge is 0.496 e. The molecule has 0 aliphatic heterocycles. The lowest BCUT2D eigenvalue weighted by Crippen LogP contribution is -2.45. The van der Waals surface area contributed by atoms with Crippen LogP contribution in [0.4, 0.5) is 4.39 Å². The van der Waals surface area contributed by atoms with Crippen molar-refractivity contribution in [1.82, 2.24) is 10.6 Å². The van der Waals surface area contributed by atoms with E-state index < -0.39 is 0 Å². The first-order valence-electron chi connectivity index (χ1n) is 5.70. The minimum Gasteiger partial charge on any atom is -0.496 e. The van der Waals surface area contributed by atoms with E-state index in [2.05, 4.69) is 24.5 Å². The van der Waals surface area contributed by atoms with E-state index >= 15 is 0 Å². The topological polar surface area (TPSA) is 33.3 Å². The molecule has 3 nitrogen and oxygen atoms in total. The van der Waals surface area contributed by atoms with E-state index in [1.807, 2.05) is 7.05 Å². The SMILES string of the molecule is CNC(C)(C)CNCc1cc(F)ccc1OC. The molecule has 1 aromatic carbocycles. The molecule has 0 aliphatic rings. The first kappa shape index (κ1) is 13.9. The van der Waals surface area contributed by atoms with Gasteiger partial charge in [0, 0.05) is 24.2 Å². The molecule has 2 N–H and O–H groups in total. The number of likely N-dealkylation sites (N-methyl/N-ethyl adjacent to an activating group) is 1. The van der Waals surface area contributed by atoms with E-state index in [1.165, 1.54) is 12.1 Å². The maximum Gasteiger partial charge on any atom is 0.123 e. The van der Waals surface area contributed by atoms with Crippen LogP contribution in [0.3, 0.4) is 0 Å². The molecule has 0 heterocycles. The molecule has 0 unspecified atom stereocenters. The van der Waals surface area contributed by atoms with Crippen molar-refractivity contribution in [3.05, 3.63) is 29.6 Å². The Morgan fingerprint density at radius 2 is 2.06 bits per heavy atom. The molecule has 0 bridgehead atoms. The second-order valence-electron chi connectivity index (χ2n) is 4.69. The summed E-state index contributed by atoms with van der Waals surface area (Å²) >= 11 is 0. The zero-order valence-corrected chi connectivity index (χ0v) is 10.9. The van der Waals surface area contributed by atoms with E-state index in [4.69, 9.17) is 4.74 Å². The van der Waals surface area contributed by atoms with Crippen molar-refractivity contribution < 1.29 is 9.13 Å². The quantitative estimate of drug-likeness (QED) is 0.797. The molecule has 1 aromatic rings. The maximum atomic E-state index is 13.1. The molecule has 96 valence electrons. The van der Waals surface area contributed by atoms with Gasteiger partial charge in [-0.15, -0.1) is 0 Å². The first-order valence-corrected chi connectivity index (χ1v) is 5.70. The molecule has 0 saturated heterocycles. The van der Waals surface area contributed by atoms with Gasteiger partial charge >= 0.3 is 0 Å². The van der Waals surface area contributed by atoms with Gasteiger partial charge in [0.25, 0.3) is 0 Å². The minimum absolute atomic E-state index is 0.0144. The molecule has 0 radical (unpaired) electrons. The van der Waals surface area contributed by atoms with E-state index in [0.717, 1.165) is 12.1 Å². The van der Waals surface area contributed by atoms with Crippen molar-refractivity contribution >= 4 is 0 Å². The third-order valence-electron chi connectivity index (χ3n) is 2.80. The molecule has 0 spiro atoms. The summed E-state index contributed by atoms with van der Waals surface area (Å²) in [5.74, 6) is 0.469. The van der Waals surface area contributed by atoms with Gasteiger partial charge in [-0.3, -0.25) is 0 Å². The number of hydrogen-bond donors (Lipinski definition) is 2. The van der Waals surface area contributed by atoms with Crippen molar-refractivity contribution in [2.24, 2.45) is 0 Å². The summed E-state index contributed by atoms with van der Waals surface area (Å²) in [6, 6.07) is 4.55. The van der Waals surface area contributed by atoms with Crippen LogP contribution in [-0.2, 0) is 6.54 Å². The van der Waals surface area contributed by atoms with Crippen LogP contribution < -0.4 is 15.4 Å². The molecule has 17 heavy (non-hydrogen) atoms. The normalized spacial score (nSPS) is 11.6. The summed E-state index contributed by atoms with van der Waals surface area (Å²) in [5, 5.41) is 6.49. The van der Waals surface area contributed by atoms with Crippen LogP contribution in [0.5, 0.6) is 5.75 Å². The van der Waals surface area contributed by atoms with Crippen molar-refractivity contribution in [1.29, 1.82) is 0 Å². The summed E-state index contributed by atoms with van der Waals surface area (Å²) < 4.78 is 18.3. The Morgan fingerprint density at radius 3 is 2.65 bits per heavy atom. The second kappa shape index (κ2) is 5.98. The molecule has 1 rings (SSSR count). The number of halogens is 1. The Balaban J connectivity index is 2.59. The van der Waals surface area contributed by atoms with Gasteiger partial charge in [0.15, 0.2) is 0 Å². The van der Waals surface area contributed by atoms with Crippen molar-refractivity contribution in [2.75, 3.05) is 20.7 Å². The fourth-order valence-corrected chi connectivity index (χ4v) is 1.48. The monoisotopic (exact) mass is 240 g/mol. The summed E-state index contributed by atoms with van der Waals surface area (Å²) in [5.41, 5.74) is 0.847. The summed E-state index contributed by atoms with van der Waals surface area (Å²) in [4.78, 5) is 0. The highest BCUT2D eigenvalue weighted by molar-refractivity contribution is 5.33. The number of hydrogen-bond acceptors (Lipinski definition) is 3. The number of methoxy groups -OCH3 is 1. The maximum absolute atomic E-state index is 13.1. The van der Waals surface area contributed by atoms with Crippen LogP contribution >= 0.6 is 0 Å². The predicted molar refractivity (Wildman–Crippen MR) is 67.8 cm³/mol. The summed E-state index contributed by atoms with van der Waals surface area (Å²) in [7, 11) is 3.51. The molecular formula is C13H21FN2O. The second-order valence-corrected chi connectivity index (χ2v) is 4.69. The average Bonchev–Trinajstić information content (AvgIpc) is 2.29. The highest BCUT2D eigenvalue weighted by Crippen LogP contribution is 2.19. The number of rotatable bonds is 6. The van der Waals surface area contributed by atoms with Crippen molar-refractivity contribution in [2.45, 2.75) is 25.9 Å². The van der Waals surface area contributed by atoms with Gasteiger partial charge < -0.3 is 15.4 Å². The smallest absolute Gasteiger partial charge is 0.123 e. The number of benzene rings is 1. The van der Waals surface area contributed by atoms with Crippen LogP contribution in [0.15, 0.2) is 18.2 Å². The van der Waals surface area contributed by atoms with E-state index in [-0.39, 0.29) is 11.4 Å². The molecule has 0 aliphatic carbocycles. The first-order chi connectivity index (χ1) is 7.98. The Labute approximate surface area is 102 Å². The molecule has 0 fully saturated rings. The van der Waals surface area contributed by atoms with Crippen LogP contribution in [0.2, 0.25) is 0 Å². The van der Waals surface area contributed by atoms with Crippen LogP contribution in [0, 0.1) is 5.82 Å². The van der Waals surface area contributed by atoms with Gasteiger partial charge in [-0.2, -0.15) is 0 Å². The highest BCUT2D eigenvalue weighted by Gasteiger charge is 2.14. The third kappa shape index (κ3) is 4.32. The molecule has 0 atom stereocenters. The number of nitrogens with one attached hydrogen (secondary N) is 2. The van der Waals surface area contributed by atoms with Crippen molar-refractivity contribution in [3.8, 4) is 5.75 Å². The molecule has 0 aromatic heterocycles. The van der Waals surface area contributed by atoms with Gasteiger partial charge in [0.2, 0.25) is 0 Å².